The smallest absolute Gasteiger partial charge is 0.191 e. The summed E-state index contributed by atoms with van der Waals surface area (Å²) in [6, 6.07) is 43.5. The summed E-state index contributed by atoms with van der Waals surface area (Å²) >= 11 is 0. The number of nitrogens with zero attached hydrogens (tertiary/aromatic N) is 9. The minimum Gasteiger partial charge on any atom is -0.299 e. The van der Waals surface area contributed by atoms with Crippen LogP contribution in [0.25, 0.3) is 56.1 Å². The molecule has 3 heterocycles. The molecule has 384 valence electrons. The lowest BCUT2D eigenvalue weighted by atomic mass is 9.92. The molecule has 0 spiro atoms. The zero-order chi connectivity index (χ0) is 54.8. The molecular weight excluding hydrogens is 955 g/mol. The van der Waals surface area contributed by atoms with E-state index in [9.17, 15) is 10.5 Å². The third kappa shape index (κ3) is 10.6. The van der Waals surface area contributed by atoms with Gasteiger partial charge in [-0.3, -0.25) is 13.7 Å². The molecule has 10 rings (SSSR count). The summed E-state index contributed by atoms with van der Waals surface area (Å²) in [6.07, 6.45) is 15.7. The number of rotatable bonds is 15. The van der Waals surface area contributed by atoms with Gasteiger partial charge in [0, 0.05) is 53.9 Å². The van der Waals surface area contributed by atoms with Crippen LogP contribution < -0.4 is 0 Å². The lowest BCUT2D eigenvalue weighted by Crippen LogP contribution is -2.04. The first kappa shape index (κ1) is 52.1. The lowest BCUT2D eigenvalue weighted by molar-refractivity contribution is 0.902. The normalized spacial score (nSPS) is 11.2. The molecule has 0 saturated carbocycles. The van der Waals surface area contributed by atoms with Crippen molar-refractivity contribution in [3.8, 4) is 63.4 Å². The van der Waals surface area contributed by atoms with Gasteiger partial charge in [0.1, 0.15) is 17.5 Å². The number of nitriles is 2. The van der Waals surface area contributed by atoms with E-state index in [4.69, 9.17) is 21.5 Å². The number of aromatic nitrogens is 6. The molecule has 0 fully saturated rings. The summed E-state index contributed by atoms with van der Waals surface area (Å²) in [4.78, 5) is 18.4. The number of benzene rings is 7. The summed E-state index contributed by atoms with van der Waals surface area (Å²) in [5, 5.41) is 21.2. The third-order valence-corrected chi connectivity index (χ3v) is 15.2. The van der Waals surface area contributed by atoms with Crippen molar-refractivity contribution in [1.29, 1.82) is 10.5 Å². The van der Waals surface area contributed by atoms with Gasteiger partial charge in [-0.1, -0.05) is 108 Å². The minimum absolute atomic E-state index is 0.619. The molecule has 9 heteroatoms. The van der Waals surface area contributed by atoms with Gasteiger partial charge < -0.3 is 0 Å². The van der Waals surface area contributed by atoms with Crippen LogP contribution in [0.2, 0.25) is 0 Å². The number of hydrogen-bond acceptors (Lipinski definition) is 5. The molecule has 0 amide bonds. The largest absolute Gasteiger partial charge is 0.299 e. The maximum Gasteiger partial charge on any atom is 0.191 e. The highest BCUT2D eigenvalue weighted by atomic mass is 15.1. The molecule has 0 aliphatic heterocycles. The minimum atomic E-state index is 0.619. The molecule has 3 aromatic heterocycles. The summed E-state index contributed by atoms with van der Waals surface area (Å²) < 4.78 is 6.39. The molecule has 0 saturated heterocycles. The number of imidazole rings is 3. The Hall–Kier alpha value is -9.36. The van der Waals surface area contributed by atoms with Crippen LogP contribution in [0.3, 0.4) is 0 Å². The third-order valence-electron chi connectivity index (χ3n) is 15.2. The predicted octanol–water partition coefficient (Wildman–Crippen LogP) is 15.7. The van der Waals surface area contributed by atoms with Crippen molar-refractivity contribution in [2.24, 2.45) is 0 Å². The van der Waals surface area contributed by atoms with E-state index in [1.165, 1.54) is 66.8 Å². The molecule has 9 nitrogen and oxygen atoms in total. The van der Waals surface area contributed by atoms with Gasteiger partial charge >= 0.3 is 0 Å². The van der Waals surface area contributed by atoms with Crippen molar-refractivity contribution in [2.45, 2.75) is 101 Å². The Balaban J connectivity index is 0.931. The maximum absolute atomic E-state index is 10.6. The van der Waals surface area contributed by atoms with Crippen LogP contribution in [0.5, 0.6) is 0 Å². The van der Waals surface area contributed by atoms with E-state index in [0.29, 0.717) is 36.1 Å². The summed E-state index contributed by atoms with van der Waals surface area (Å²) in [5.41, 5.74) is 25.1. The van der Waals surface area contributed by atoms with Crippen LogP contribution in [-0.4, -0.2) is 28.7 Å². The van der Waals surface area contributed by atoms with Gasteiger partial charge in [0.2, 0.25) is 0 Å². The Morgan fingerprint density at radius 2 is 0.705 bits per heavy atom. The quantitative estimate of drug-likeness (QED) is 0.0951. The van der Waals surface area contributed by atoms with E-state index in [2.05, 4.69) is 184 Å². The molecule has 0 N–H and O–H groups in total. The topological polar surface area (TPSA) is 105 Å². The van der Waals surface area contributed by atoms with Gasteiger partial charge in [0.15, 0.2) is 5.69 Å². The van der Waals surface area contributed by atoms with Crippen molar-refractivity contribution in [1.82, 2.24) is 28.7 Å². The van der Waals surface area contributed by atoms with Crippen LogP contribution in [-0.2, 0) is 38.5 Å². The summed E-state index contributed by atoms with van der Waals surface area (Å²) in [7, 11) is 0. The molecule has 0 aliphatic rings. The molecule has 0 unspecified atom stereocenters. The van der Waals surface area contributed by atoms with Gasteiger partial charge in [-0.15, -0.1) is 0 Å². The van der Waals surface area contributed by atoms with Crippen molar-refractivity contribution < 1.29 is 0 Å². The van der Waals surface area contributed by atoms with E-state index < -0.39 is 0 Å². The van der Waals surface area contributed by atoms with Crippen LogP contribution in [0, 0.1) is 91.5 Å². The Morgan fingerprint density at radius 1 is 0.397 bits per heavy atom. The van der Waals surface area contributed by atoms with Crippen LogP contribution in [0.15, 0.2) is 146 Å². The lowest BCUT2D eigenvalue weighted by Gasteiger charge is -2.16. The Morgan fingerprint density at radius 3 is 1.03 bits per heavy atom. The fourth-order valence-electron chi connectivity index (χ4n) is 12.0. The van der Waals surface area contributed by atoms with Gasteiger partial charge in [0.25, 0.3) is 0 Å². The van der Waals surface area contributed by atoms with E-state index in [0.717, 1.165) is 87.2 Å². The monoisotopic (exact) mass is 1020 g/mol. The van der Waals surface area contributed by atoms with E-state index in [1.807, 2.05) is 55.4 Å². The Bertz CT molecular complexity index is 3580. The van der Waals surface area contributed by atoms with Gasteiger partial charge in [-0.05, 0) is 186 Å². The first-order chi connectivity index (χ1) is 37.7. The van der Waals surface area contributed by atoms with E-state index in [-0.39, 0.29) is 0 Å². The first-order valence-electron chi connectivity index (χ1n) is 26.7. The predicted molar refractivity (Wildman–Crippen MR) is 314 cm³/mol. The molecule has 0 radical (unpaired) electrons. The average Bonchev–Trinajstić information content (AvgIpc) is 4.23. The second-order valence-electron chi connectivity index (χ2n) is 21.2. The molecular formula is C69H63N9. The fourth-order valence-corrected chi connectivity index (χ4v) is 12.0. The molecule has 0 atom stereocenters. The number of aryl methyl sites for hydroxylation is 15. The average molecular weight is 1020 g/mol. The van der Waals surface area contributed by atoms with E-state index >= 15 is 0 Å². The first-order valence-corrected chi connectivity index (χ1v) is 26.7. The van der Waals surface area contributed by atoms with Gasteiger partial charge in [-0.25, -0.2) is 19.8 Å². The molecule has 10 aromatic rings. The van der Waals surface area contributed by atoms with Crippen LogP contribution >= 0.6 is 0 Å². The molecule has 78 heavy (non-hydrogen) atoms. The Kier molecular flexibility index (Phi) is 14.7. The van der Waals surface area contributed by atoms with Crippen LogP contribution in [0.1, 0.15) is 94.6 Å². The fraction of sp³-hybridized carbons (Fsp3) is 0.217. The highest BCUT2D eigenvalue weighted by Gasteiger charge is 2.19. The SMILES string of the molecule is [C-]#[N+]c1cc(-c2nccn2-c2c(C)cc(C)cc2C)ccc1CCc1cc(CCc2ccc(-c3nccn3-c3c(C)cc(C)cc3C)cc2C#N)cc(CCc2ccc(-c3nccn3-c3c(C)cc(C)cc3C)cc2C#N)c1. The van der Waals surface area contributed by atoms with Gasteiger partial charge in [-0.2, -0.15) is 10.5 Å². The zero-order valence-corrected chi connectivity index (χ0v) is 46.1. The van der Waals surface area contributed by atoms with Crippen molar-refractivity contribution >= 4 is 5.69 Å². The molecule has 7 aromatic carbocycles. The molecule has 0 aliphatic carbocycles. The summed E-state index contributed by atoms with van der Waals surface area (Å²) in [6.45, 7) is 27.4. The summed E-state index contributed by atoms with van der Waals surface area (Å²) in [5.74, 6) is 2.40. The van der Waals surface area contributed by atoms with E-state index in [1.54, 1.807) is 0 Å². The van der Waals surface area contributed by atoms with Crippen molar-refractivity contribution in [2.75, 3.05) is 0 Å². The van der Waals surface area contributed by atoms with Gasteiger partial charge in [0.05, 0.1) is 46.9 Å². The number of hydrogen-bond donors (Lipinski definition) is 0. The highest BCUT2D eigenvalue weighted by Crippen LogP contribution is 2.34. The van der Waals surface area contributed by atoms with Crippen LogP contribution in [0.4, 0.5) is 5.69 Å². The second kappa shape index (κ2) is 22.1. The molecule has 0 bridgehead atoms. The zero-order valence-electron chi connectivity index (χ0n) is 46.1. The Labute approximate surface area is 459 Å². The highest BCUT2D eigenvalue weighted by molar-refractivity contribution is 5.70. The maximum atomic E-state index is 10.6. The second-order valence-corrected chi connectivity index (χ2v) is 21.2. The van der Waals surface area contributed by atoms with Crippen molar-refractivity contribution in [3.63, 3.8) is 0 Å². The standard InChI is InChI=1S/C69H63N9/c1-43-29-46(4)64(47(5)30-43)76-26-23-73-67(76)58-20-17-55(61(38-58)41-70)14-11-52-35-53(12-15-56-18-21-59(39-62(56)42-71)68-74-24-27-77(68)65-48(6)31-44(2)32-49(65)7)37-54(36-52)13-16-57-19-22-60(40-63(57)72-10)69-75-25-28-78(69)66-50(8)33-45(3)34-51(66)9/h17-40H,11-16H2,1-9H3. The van der Waals surface area contributed by atoms with Crippen molar-refractivity contribution in [3.05, 3.63) is 252 Å².